The number of nitriles is 1. The molecule has 2 rings (SSSR count). The minimum atomic E-state index is -0.499. The van der Waals surface area contributed by atoms with E-state index in [9.17, 15) is 9.18 Å². The first-order chi connectivity index (χ1) is 10.1. The Morgan fingerprint density at radius 3 is 3.05 bits per heavy atom. The van der Waals surface area contributed by atoms with Crippen LogP contribution in [0, 0.1) is 23.1 Å². The lowest BCUT2D eigenvalue weighted by Crippen LogP contribution is -2.46. The summed E-state index contributed by atoms with van der Waals surface area (Å²) in [5.74, 6) is -0.377. The van der Waals surface area contributed by atoms with E-state index in [1.54, 1.807) is 4.90 Å². The third-order valence-corrected chi connectivity index (χ3v) is 3.68. The molecule has 1 atom stereocenters. The maximum atomic E-state index is 13.7. The third-order valence-electron chi connectivity index (χ3n) is 3.68. The van der Waals surface area contributed by atoms with Gasteiger partial charge in [0.05, 0.1) is 11.6 Å². The summed E-state index contributed by atoms with van der Waals surface area (Å²) in [5.41, 5.74) is 0.600. The van der Waals surface area contributed by atoms with E-state index in [-0.39, 0.29) is 30.7 Å². The van der Waals surface area contributed by atoms with Crippen molar-refractivity contribution in [3.05, 3.63) is 35.1 Å². The summed E-state index contributed by atoms with van der Waals surface area (Å²) in [6, 6.07) is 5.79. The molecule has 0 bridgehead atoms. The Bertz CT molecular complexity index is 556. The van der Waals surface area contributed by atoms with Crippen molar-refractivity contribution in [3.8, 4) is 6.07 Å². The van der Waals surface area contributed by atoms with E-state index in [0.29, 0.717) is 18.7 Å². The lowest BCUT2D eigenvalue weighted by molar-refractivity contribution is 0.129. The number of halogens is 1. The number of carbonyl (C=O) groups excluding carboxylic acids is 1. The van der Waals surface area contributed by atoms with E-state index >= 15 is 0 Å². The van der Waals surface area contributed by atoms with Gasteiger partial charge >= 0.3 is 6.03 Å². The predicted octanol–water partition coefficient (Wildman–Crippen LogP) is 1.61. The Labute approximate surface area is 123 Å². The quantitative estimate of drug-likeness (QED) is 0.888. The summed E-state index contributed by atoms with van der Waals surface area (Å²) in [4.78, 5) is 13.7. The van der Waals surface area contributed by atoms with Crippen LogP contribution in [0.1, 0.15) is 24.0 Å². The topological polar surface area (TPSA) is 76.4 Å². The molecule has 1 unspecified atom stereocenters. The Morgan fingerprint density at radius 2 is 2.38 bits per heavy atom. The van der Waals surface area contributed by atoms with Crippen molar-refractivity contribution >= 4 is 6.03 Å². The highest BCUT2D eigenvalue weighted by Crippen LogP contribution is 2.16. The number of likely N-dealkylation sites (tertiary alicyclic amines) is 1. The van der Waals surface area contributed by atoms with Gasteiger partial charge in [-0.2, -0.15) is 5.26 Å². The van der Waals surface area contributed by atoms with Gasteiger partial charge in [0, 0.05) is 31.8 Å². The maximum absolute atomic E-state index is 13.7. The molecule has 21 heavy (non-hydrogen) atoms. The fraction of sp³-hybridized carbons (Fsp3) is 0.467. The smallest absolute Gasteiger partial charge is 0.317 e. The lowest BCUT2D eigenvalue weighted by Gasteiger charge is -2.31. The number of hydrogen-bond acceptors (Lipinski definition) is 3. The molecule has 0 aliphatic carbocycles. The van der Waals surface area contributed by atoms with Crippen LogP contribution >= 0.6 is 0 Å². The van der Waals surface area contributed by atoms with Crippen LogP contribution in [0.2, 0.25) is 0 Å². The van der Waals surface area contributed by atoms with Crippen LogP contribution < -0.4 is 5.32 Å². The molecule has 0 aromatic heterocycles. The zero-order valence-electron chi connectivity index (χ0n) is 11.7. The molecule has 0 saturated carbocycles. The number of nitrogens with one attached hydrogen (secondary N) is 1. The molecular weight excluding hydrogens is 273 g/mol. The highest BCUT2D eigenvalue weighted by Gasteiger charge is 2.22. The highest BCUT2D eigenvalue weighted by atomic mass is 19.1. The summed E-state index contributed by atoms with van der Waals surface area (Å²) in [5, 5.41) is 20.5. The highest BCUT2D eigenvalue weighted by molar-refractivity contribution is 5.74. The molecule has 1 aromatic rings. The average molecular weight is 291 g/mol. The summed E-state index contributed by atoms with van der Waals surface area (Å²) in [7, 11) is 0. The Morgan fingerprint density at radius 1 is 1.57 bits per heavy atom. The second-order valence-corrected chi connectivity index (χ2v) is 5.21. The van der Waals surface area contributed by atoms with E-state index in [1.165, 1.54) is 12.1 Å². The number of carbonyl (C=O) groups is 1. The monoisotopic (exact) mass is 291 g/mol. The SMILES string of the molecule is N#Cc1ccc(CNC(=O)N2CCCC(CO)C2)c(F)c1. The molecule has 2 N–H and O–H groups in total. The van der Waals surface area contributed by atoms with Gasteiger partial charge in [-0.3, -0.25) is 0 Å². The minimum absolute atomic E-state index is 0.0774. The summed E-state index contributed by atoms with van der Waals surface area (Å²) in [6.07, 6.45) is 1.79. The van der Waals surface area contributed by atoms with Crippen molar-refractivity contribution in [3.63, 3.8) is 0 Å². The summed E-state index contributed by atoms with van der Waals surface area (Å²) >= 11 is 0. The van der Waals surface area contributed by atoms with Crippen LogP contribution in [-0.2, 0) is 6.54 Å². The molecule has 2 amide bonds. The number of aliphatic hydroxyl groups is 1. The van der Waals surface area contributed by atoms with Crippen LogP contribution in [0.15, 0.2) is 18.2 Å². The first-order valence-corrected chi connectivity index (χ1v) is 6.96. The Hall–Kier alpha value is -2.13. The number of piperidine rings is 1. The van der Waals surface area contributed by atoms with Crippen molar-refractivity contribution in [2.75, 3.05) is 19.7 Å². The fourth-order valence-electron chi connectivity index (χ4n) is 2.44. The van der Waals surface area contributed by atoms with Crippen LogP contribution in [0.3, 0.4) is 0 Å². The number of urea groups is 1. The van der Waals surface area contributed by atoms with Crippen molar-refractivity contribution < 1.29 is 14.3 Å². The van der Waals surface area contributed by atoms with Gasteiger partial charge in [0.25, 0.3) is 0 Å². The van der Waals surface area contributed by atoms with Gasteiger partial charge in [0.2, 0.25) is 0 Å². The summed E-state index contributed by atoms with van der Waals surface area (Å²) < 4.78 is 13.7. The van der Waals surface area contributed by atoms with E-state index in [1.807, 2.05) is 6.07 Å². The van der Waals surface area contributed by atoms with Crippen molar-refractivity contribution in [2.24, 2.45) is 5.92 Å². The van der Waals surface area contributed by atoms with Crippen LogP contribution in [-0.4, -0.2) is 35.7 Å². The normalized spacial score (nSPS) is 18.1. The molecule has 1 aliphatic heterocycles. The zero-order chi connectivity index (χ0) is 15.2. The zero-order valence-corrected chi connectivity index (χ0v) is 11.7. The van der Waals surface area contributed by atoms with Crippen LogP contribution in [0.5, 0.6) is 0 Å². The average Bonchev–Trinajstić information content (AvgIpc) is 2.53. The third kappa shape index (κ3) is 3.92. The van der Waals surface area contributed by atoms with Crippen LogP contribution in [0.25, 0.3) is 0 Å². The molecule has 1 heterocycles. The Balaban J connectivity index is 1.90. The van der Waals surface area contributed by atoms with Gasteiger partial charge < -0.3 is 15.3 Å². The van der Waals surface area contributed by atoms with Gasteiger partial charge in [-0.25, -0.2) is 9.18 Å². The number of hydrogen-bond donors (Lipinski definition) is 2. The first kappa shape index (κ1) is 15.3. The van der Waals surface area contributed by atoms with Crippen molar-refractivity contribution in [2.45, 2.75) is 19.4 Å². The number of aliphatic hydroxyl groups excluding tert-OH is 1. The van der Waals surface area contributed by atoms with E-state index in [2.05, 4.69) is 5.32 Å². The molecule has 5 nitrogen and oxygen atoms in total. The second-order valence-electron chi connectivity index (χ2n) is 5.21. The molecule has 0 spiro atoms. The summed E-state index contributed by atoms with van der Waals surface area (Å²) in [6.45, 7) is 1.33. The van der Waals surface area contributed by atoms with Crippen molar-refractivity contribution in [1.29, 1.82) is 5.26 Å². The fourth-order valence-corrected chi connectivity index (χ4v) is 2.44. The van der Waals surface area contributed by atoms with Gasteiger partial charge in [-0.15, -0.1) is 0 Å². The molecular formula is C15H18FN3O2. The Kier molecular flexibility index (Phi) is 5.12. The van der Waals surface area contributed by atoms with Crippen molar-refractivity contribution in [1.82, 2.24) is 10.2 Å². The molecule has 1 aromatic carbocycles. The minimum Gasteiger partial charge on any atom is -0.396 e. The van der Waals surface area contributed by atoms with E-state index in [4.69, 9.17) is 10.4 Å². The molecule has 112 valence electrons. The number of nitrogens with zero attached hydrogens (tertiary/aromatic N) is 2. The maximum Gasteiger partial charge on any atom is 0.317 e. The lowest BCUT2D eigenvalue weighted by atomic mass is 9.99. The van der Waals surface area contributed by atoms with E-state index in [0.717, 1.165) is 18.9 Å². The predicted molar refractivity (Wildman–Crippen MR) is 74.7 cm³/mol. The molecule has 0 radical (unpaired) electrons. The molecule has 1 saturated heterocycles. The van der Waals surface area contributed by atoms with Gasteiger partial charge in [0.1, 0.15) is 5.82 Å². The van der Waals surface area contributed by atoms with Gasteiger partial charge in [0.15, 0.2) is 0 Å². The molecule has 1 fully saturated rings. The molecule has 1 aliphatic rings. The van der Waals surface area contributed by atoms with E-state index < -0.39 is 5.82 Å². The number of rotatable bonds is 3. The number of amides is 2. The van der Waals surface area contributed by atoms with Crippen LogP contribution in [0.4, 0.5) is 9.18 Å². The van der Waals surface area contributed by atoms with Gasteiger partial charge in [-0.05, 0) is 30.9 Å². The standard InChI is InChI=1S/C15H18FN3O2/c16-14-6-11(7-17)3-4-13(14)8-18-15(21)19-5-1-2-12(9-19)10-20/h3-4,6,12,20H,1-2,5,8-10H2,(H,18,21). The molecule has 6 heteroatoms. The number of benzene rings is 1. The second kappa shape index (κ2) is 7.04. The largest absolute Gasteiger partial charge is 0.396 e. The van der Waals surface area contributed by atoms with Gasteiger partial charge in [-0.1, -0.05) is 6.07 Å². The first-order valence-electron chi connectivity index (χ1n) is 6.96.